The number of fused-ring (bicyclic) bond motifs is 1. The number of carbonyl (C=O) groups is 4. The first kappa shape index (κ1) is 22.8. The maximum Gasteiger partial charge on any atom is 0.316 e. The molecule has 35 heavy (non-hydrogen) atoms. The van der Waals surface area contributed by atoms with Gasteiger partial charge in [-0.25, -0.2) is 4.90 Å². The highest BCUT2D eigenvalue weighted by Gasteiger charge is 2.48. The van der Waals surface area contributed by atoms with E-state index in [1.165, 1.54) is 11.0 Å². The Hall–Kier alpha value is -3.94. The Bertz CT molecular complexity index is 1230. The predicted octanol–water partition coefficient (Wildman–Crippen LogP) is 3.50. The summed E-state index contributed by atoms with van der Waals surface area (Å²) in [7, 11) is 1.57. The van der Waals surface area contributed by atoms with Gasteiger partial charge in [-0.05, 0) is 56.2 Å². The second-order valence-electron chi connectivity index (χ2n) is 9.24. The van der Waals surface area contributed by atoms with Crippen LogP contribution in [0, 0.1) is 17.8 Å². The van der Waals surface area contributed by atoms with Crippen LogP contribution < -0.4 is 19.3 Å². The van der Waals surface area contributed by atoms with Crippen LogP contribution >= 0.6 is 0 Å². The van der Waals surface area contributed by atoms with Crippen LogP contribution in [0.25, 0.3) is 0 Å². The van der Waals surface area contributed by atoms with Gasteiger partial charge in [-0.2, -0.15) is 0 Å². The Labute approximate surface area is 203 Å². The summed E-state index contributed by atoms with van der Waals surface area (Å²) in [5.41, 5.74) is 2.19. The van der Waals surface area contributed by atoms with Gasteiger partial charge in [0.25, 0.3) is 0 Å². The molecule has 3 aliphatic rings. The lowest BCUT2D eigenvalue weighted by atomic mass is 9.82. The fourth-order valence-corrected chi connectivity index (χ4v) is 5.05. The van der Waals surface area contributed by atoms with E-state index < -0.39 is 11.9 Å². The van der Waals surface area contributed by atoms with Crippen LogP contribution in [0.15, 0.2) is 60.2 Å². The van der Waals surface area contributed by atoms with E-state index in [9.17, 15) is 19.2 Å². The molecule has 2 fully saturated rings. The van der Waals surface area contributed by atoms with Crippen molar-refractivity contribution in [1.82, 2.24) is 0 Å². The first-order valence-corrected chi connectivity index (χ1v) is 11.7. The summed E-state index contributed by atoms with van der Waals surface area (Å²) in [6, 6.07) is 13.5. The topological polar surface area (TPSA) is 93.2 Å². The molecule has 1 aliphatic carbocycles. The zero-order chi connectivity index (χ0) is 24.7. The van der Waals surface area contributed by atoms with Crippen LogP contribution in [0.1, 0.15) is 26.2 Å². The normalized spacial score (nSPS) is 23.9. The molecule has 2 aromatic carbocycles. The van der Waals surface area contributed by atoms with Crippen LogP contribution in [-0.4, -0.2) is 37.3 Å². The average Bonchev–Trinajstić information content (AvgIpc) is 3.36. The van der Waals surface area contributed by atoms with E-state index in [4.69, 9.17) is 9.47 Å². The maximum absolute atomic E-state index is 13.0. The minimum atomic E-state index is -0.625. The number of rotatable bonds is 5. The molecular formula is C27H26N2O6. The van der Waals surface area contributed by atoms with Crippen molar-refractivity contribution in [3.63, 3.8) is 0 Å². The van der Waals surface area contributed by atoms with Gasteiger partial charge in [0.15, 0.2) is 0 Å². The van der Waals surface area contributed by atoms with Crippen LogP contribution in [-0.2, 0) is 19.2 Å². The highest BCUT2D eigenvalue weighted by Crippen LogP contribution is 2.40. The van der Waals surface area contributed by atoms with Gasteiger partial charge in [0.1, 0.15) is 11.5 Å². The highest BCUT2D eigenvalue weighted by atomic mass is 16.5. The molecule has 0 aromatic heterocycles. The molecule has 0 radical (unpaired) electrons. The van der Waals surface area contributed by atoms with Gasteiger partial charge in [-0.1, -0.05) is 17.7 Å². The molecule has 2 saturated heterocycles. The first-order valence-electron chi connectivity index (χ1n) is 11.7. The summed E-state index contributed by atoms with van der Waals surface area (Å²) in [4.78, 5) is 54.1. The number of anilines is 2. The lowest BCUT2D eigenvalue weighted by molar-refractivity contribution is -0.139. The Morgan fingerprint density at radius 3 is 2.40 bits per heavy atom. The number of carbonyl (C=O) groups excluding carboxylic acids is 4. The second kappa shape index (κ2) is 9.02. The molecule has 0 saturated carbocycles. The van der Waals surface area contributed by atoms with Crippen molar-refractivity contribution in [3.8, 4) is 11.5 Å². The van der Waals surface area contributed by atoms with Crippen LogP contribution in [0.4, 0.5) is 11.4 Å². The SMILES string of the molecule is COc1ccc(N2C[C@@H](C(=O)Oc3cccc(N4C(=O)[C@H]5CC(C)=CC[C@H]5C4=O)c3)CC2=O)cc1. The predicted molar refractivity (Wildman–Crippen MR) is 128 cm³/mol. The fraction of sp³-hybridized carbons (Fsp3) is 0.333. The summed E-state index contributed by atoms with van der Waals surface area (Å²) >= 11 is 0. The van der Waals surface area contributed by atoms with Gasteiger partial charge in [-0.3, -0.25) is 19.2 Å². The minimum absolute atomic E-state index is 0.0450. The molecule has 0 spiro atoms. The molecule has 3 amide bonds. The maximum atomic E-state index is 13.0. The quantitative estimate of drug-likeness (QED) is 0.285. The molecule has 0 unspecified atom stereocenters. The smallest absolute Gasteiger partial charge is 0.316 e. The van der Waals surface area contributed by atoms with Gasteiger partial charge in [-0.15, -0.1) is 0 Å². The Balaban J connectivity index is 1.28. The molecule has 8 heteroatoms. The third-order valence-corrected chi connectivity index (χ3v) is 6.96. The van der Waals surface area contributed by atoms with E-state index in [0.717, 1.165) is 5.57 Å². The minimum Gasteiger partial charge on any atom is -0.497 e. The van der Waals surface area contributed by atoms with Gasteiger partial charge < -0.3 is 14.4 Å². The highest BCUT2D eigenvalue weighted by molar-refractivity contribution is 6.22. The van der Waals surface area contributed by atoms with Crippen molar-refractivity contribution in [2.24, 2.45) is 17.8 Å². The number of nitrogens with zero attached hydrogens (tertiary/aromatic N) is 2. The van der Waals surface area contributed by atoms with Crippen molar-refractivity contribution in [3.05, 3.63) is 60.2 Å². The Morgan fingerprint density at radius 1 is 0.914 bits per heavy atom. The van der Waals surface area contributed by atoms with Crippen LogP contribution in [0.3, 0.4) is 0 Å². The average molecular weight is 475 g/mol. The molecule has 0 bridgehead atoms. The monoisotopic (exact) mass is 474 g/mol. The third-order valence-electron chi connectivity index (χ3n) is 6.96. The van der Waals surface area contributed by atoms with E-state index >= 15 is 0 Å². The number of esters is 1. The number of hydrogen-bond acceptors (Lipinski definition) is 6. The van der Waals surface area contributed by atoms with Gasteiger partial charge >= 0.3 is 5.97 Å². The van der Waals surface area contributed by atoms with Gasteiger partial charge in [0.2, 0.25) is 17.7 Å². The van der Waals surface area contributed by atoms with E-state index in [1.54, 1.807) is 54.5 Å². The summed E-state index contributed by atoms with van der Waals surface area (Å²) in [5.74, 6) is -1.52. The number of hydrogen-bond donors (Lipinski definition) is 0. The molecule has 2 heterocycles. The molecule has 0 N–H and O–H groups in total. The lowest BCUT2D eigenvalue weighted by Gasteiger charge is -2.18. The molecule has 2 aromatic rings. The van der Waals surface area contributed by atoms with Crippen molar-refractivity contribution < 1.29 is 28.7 Å². The molecule has 8 nitrogen and oxygen atoms in total. The lowest BCUT2D eigenvalue weighted by Crippen LogP contribution is -2.31. The molecular weight excluding hydrogens is 448 g/mol. The Kier molecular flexibility index (Phi) is 5.88. The summed E-state index contributed by atoms with van der Waals surface area (Å²) in [5, 5.41) is 0. The van der Waals surface area contributed by atoms with E-state index in [2.05, 4.69) is 0 Å². The van der Waals surface area contributed by atoms with Gasteiger partial charge in [0, 0.05) is 24.7 Å². The number of amides is 3. The number of benzene rings is 2. The number of allylic oxidation sites excluding steroid dienone is 2. The molecule has 3 atom stereocenters. The second-order valence-corrected chi connectivity index (χ2v) is 9.24. The van der Waals surface area contributed by atoms with Crippen molar-refractivity contribution in [2.45, 2.75) is 26.2 Å². The fourth-order valence-electron chi connectivity index (χ4n) is 5.05. The zero-order valence-corrected chi connectivity index (χ0v) is 19.6. The number of methoxy groups -OCH3 is 1. The summed E-state index contributed by atoms with van der Waals surface area (Å²) in [6.07, 6.45) is 3.21. The zero-order valence-electron chi connectivity index (χ0n) is 19.6. The largest absolute Gasteiger partial charge is 0.497 e. The molecule has 2 aliphatic heterocycles. The Morgan fingerprint density at radius 2 is 1.66 bits per heavy atom. The number of imide groups is 1. The van der Waals surface area contributed by atoms with Crippen molar-refractivity contribution in [2.75, 3.05) is 23.5 Å². The first-order chi connectivity index (χ1) is 16.9. The van der Waals surface area contributed by atoms with Crippen LogP contribution in [0.2, 0.25) is 0 Å². The summed E-state index contributed by atoms with van der Waals surface area (Å²) < 4.78 is 10.7. The molecule has 180 valence electrons. The van der Waals surface area contributed by atoms with E-state index in [1.807, 2.05) is 13.0 Å². The van der Waals surface area contributed by atoms with Gasteiger partial charge in [0.05, 0.1) is 30.6 Å². The van der Waals surface area contributed by atoms with Crippen molar-refractivity contribution >= 4 is 35.1 Å². The number of ether oxygens (including phenoxy) is 2. The third kappa shape index (κ3) is 4.20. The van der Waals surface area contributed by atoms with E-state index in [0.29, 0.717) is 30.0 Å². The van der Waals surface area contributed by atoms with E-state index in [-0.39, 0.29) is 48.3 Å². The summed E-state index contributed by atoms with van der Waals surface area (Å²) in [6.45, 7) is 2.18. The molecule has 5 rings (SSSR count). The standard InChI is InChI=1S/C27H26N2O6/c1-16-6-11-22-23(12-16)26(32)29(25(22)31)19-4-3-5-21(14-19)35-27(33)17-13-24(30)28(15-17)18-7-9-20(34-2)10-8-18/h3-10,14,17,22-23H,11-13,15H2,1-2H3/t17-,22+,23-/m0/s1. The van der Waals surface area contributed by atoms with Crippen molar-refractivity contribution in [1.29, 1.82) is 0 Å². The van der Waals surface area contributed by atoms with Crippen LogP contribution in [0.5, 0.6) is 11.5 Å².